The van der Waals surface area contributed by atoms with E-state index in [9.17, 15) is 8.42 Å². The summed E-state index contributed by atoms with van der Waals surface area (Å²) >= 11 is 0. The first-order chi connectivity index (χ1) is 8.35. The molecule has 1 rings (SSSR count). The first-order valence-electron chi connectivity index (χ1n) is 5.43. The highest BCUT2D eigenvalue weighted by Gasteiger charge is 2.15. The molecule has 0 aliphatic carbocycles. The van der Waals surface area contributed by atoms with E-state index in [0.29, 0.717) is 11.3 Å². The zero-order valence-electron chi connectivity index (χ0n) is 10.3. The zero-order valence-corrected chi connectivity index (χ0v) is 11.1. The number of anilines is 1. The van der Waals surface area contributed by atoms with Crippen LogP contribution in [0.4, 0.5) is 5.69 Å². The van der Waals surface area contributed by atoms with Crippen molar-refractivity contribution in [2.75, 3.05) is 10.5 Å². The lowest BCUT2D eigenvalue weighted by Crippen LogP contribution is -2.23. The van der Waals surface area contributed by atoms with Crippen molar-refractivity contribution in [3.05, 3.63) is 29.8 Å². The molecule has 0 amide bonds. The average molecular weight is 271 g/mol. The van der Waals surface area contributed by atoms with Crippen LogP contribution in [0.25, 0.3) is 0 Å². The maximum absolute atomic E-state index is 11.8. The van der Waals surface area contributed by atoms with Gasteiger partial charge in [-0.15, -0.1) is 0 Å². The minimum atomic E-state index is -3.44. The van der Waals surface area contributed by atoms with E-state index < -0.39 is 10.0 Å². The van der Waals surface area contributed by atoms with Crippen molar-refractivity contribution >= 4 is 21.5 Å². The number of nitrogens with two attached hydrogens (primary N) is 1. The Morgan fingerprint density at radius 1 is 1.44 bits per heavy atom. The van der Waals surface area contributed by atoms with E-state index in [0.717, 1.165) is 0 Å². The lowest BCUT2D eigenvalue weighted by atomic mass is 10.2. The molecule has 0 spiro atoms. The van der Waals surface area contributed by atoms with Gasteiger partial charge in [0.1, 0.15) is 0 Å². The van der Waals surface area contributed by atoms with Crippen LogP contribution in [0.1, 0.15) is 19.4 Å². The van der Waals surface area contributed by atoms with E-state index in [1.807, 2.05) is 13.8 Å². The van der Waals surface area contributed by atoms with Crippen LogP contribution in [0.3, 0.4) is 0 Å². The van der Waals surface area contributed by atoms with Gasteiger partial charge in [-0.1, -0.05) is 31.1 Å². The van der Waals surface area contributed by atoms with Crippen molar-refractivity contribution in [2.45, 2.75) is 13.8 Å². The van der Waals surface area contributed by atoms with Gasteiger partial charge in [-0.2, -0.15) is 0 Å². The predicted molar refractivity (Wildman–Crippen MR) is 71.2 cm³/mol. The largest absolute Gasteiger partial charge is 0.409 e. The lowest BCUT2D eigenvalue weighted by molar-refractivity contribution is 0.318. The molecule has 0 unspecified atom stereocenters. The summed E-state index contributed by atoms with van der Waals surface area (Å²) in [4.78, 5) is 0. The number of para-hydroxylation sites is 1. The second-order valence-corrected chi connectivity index (χ2v) is 6.08. The Balaban J connectivity index is 3.05. The number of nitrogens with zero attached hydrogens (tertiary/aromatic N) is 1. The number of oxime groups is 1. The molecule has 7 heteroatoms. The Bertz CT molecular complexity index is 538. The molecule has 0 aromatic heterocycles. The molecule has 0 saturated heterocycles. The van der Waals surface area contributed by atoms with Crippen LogP contribution in [-0.4, -0.2) is 25.2 Å². The van der Waals surface area contributed by atoms with Gasteiger partial charge in [-0.3, -0.25) is 4.72 Å². The van der Waals surface area contributed by atoms with Gasteiger partial charge in [0.2, 0.25) is 10.0 Å². The maximum atomic E-state index is 11.8. The molecule has 6 nitrogen and oxygen atoms in total. The summed E-state index contributed by atoms with van der Waals surface area (Å²) in [6, 6.07) is 6.47. The topological polar surface area (TPSA) is 105 Å². The molecule has 18 heavy (non-hydrogen) atoms. The van der Waals surface area contributed by atoms with Gasteiger partial charge in [0.15, 0.2) is 5.84 Å². The van der Waals surface area contributed by atoms with Gasteiger partial charge < -0.3 is 10.9 Å². The summed E-state index contributed by atoms with van der Waals surface area (Å²) in [6.07, 6.45) is 0. The van der Waals surface area contributed by atoms with E-state index in [2.05, 4.69) is 9.88 Å². The molecule has 0 atom stereocenters. The van der Waals surface area contributed by atoms with Crippen molar-refractivity contribution in [1.82, 2.24) is 0 Å². The molecule has 4 N–H and O–H groups in total. The number of amidine groups is 1. The van der Waals surface area contributed by atoms with E-state index >= 15 is 0 Å². The Hall–Kier alpha value is -1.76. The number of nitrogens with one attached hydrogen (secondary N) is 1. The molecular formula is C11H17N3O3S. The first kappa shape index (κ1) is 14.3. The number of sulfonamides is 1. The van der Waals surface area contributed by atoms with E-state index in [-0.39, 0.29) is 17.5 Å². The summed E-state index contributed by atoms with van der Waals surface area (Å²) < 4.78 is 26.1. The second-order valence-electron chi connectivity index (χ2n) is 4.31. The van der Waals surface area contributed by atoms with Crippen LogP contribution in [0.5, 0.6) is 0 Å². The summed E-state index contributed by atoms with van der Waals surface area (Å²) in [5.74, 6) is -0.117. The third-order valence-corrected chi connectivity index (χ3v) is 3.77. The fourth-order valence-electron chi connectivity index (χ4n) is 1.50. The van der Waals surface area contributed by atoms with Crippen molar-refractivity contribution in [2.24, 2.45) is 16.8 Å². The standard InChI is InChI=1S/C11H17N3O3S/c1-8(2)7-18(16,17)14-10-6-4-3-5-9(10)11(12)13-15/h3-6,8,14-15H,7H2,1-2H3,(H2,12,13). The zero-order chi connectivity index (χ0) is 13.8. The number of hydrogen-bond donors (Lipinski definition) is 3. The van der Waals surface area contributed by atoms with E-state index in [4.69, 9.17) is 10.9 Å². The number of benzene rings is 1. The molecule has 100 valence electrons. The van der Waals surface area contributed by atoms with Gasteiger partial charge in [-0.05, 0) is 18.1 Å². The molecule has 0 fully saturated rings. The Morgan fingerprint density at radius 3 is 2.61 bits per heavy atom. The smallest absolute Gasteiger partial charge is 0.232 e. The van der Waals surface area contributed by atoms with Crippen molar-refractivity contribution < 1.29 is 13.6 Å². The first-order valence-corrected chi connectivity index (χ1v) is 7.08. The van der Waals surface area contributed by atoms with Crippen molar-refractivity contribution in [1.29, 1.82) is 0 Å². The van der Waals surface area contributed by atoms with Crippen molar-refractivity contribution in [3.63, 3.8) is 0 Å². The maximum Gasteiger partial charge on any atom is 0.232 e. The average Bonchev–Trinajstić information content (AvgIpc) is 2.26. The molecule has 0 heterocycles. The molecular weight excluding hydrogens is 254 g/mol. The van der Waals surface area contributed by atoms with Crippen LogP contribution < -0.4 is 10.5 Å². The van der Waals surface area contributed by atoms with Crippen molar-refractivity contribution in [3.8, 4) is 0 Å². The highest BCUT2D eigenvalue weighted by molar-refractivity contribution is 7.92. The van der Waals surface area contributed by atoms with Crippen LogP contribution in [-0.2, 0) is 10.0 Å². The summed E-state index contributed by atoms with van der Waals surface area (Å²) in [5.41, 5.74) is 6.12. The lowest BCUT2D eigenvalue weighted by Gasteiger charge is -2.12. The van der Waals surface area contributed by atoms with Crippen LogP contribution >= 0.6 is 0 Å². The van der Waals surface area contributed by atoms with Gasteiger partial charge in [0.25, 0.3) is 0 Å². The molecule has 0 aliphatic rings. The molecule has 0 radical (unpaired) electrons. The third-order valence-electron chi connectivity index (χ3n) is 2.13. The monoisotopic (exact) mass is 271 g/mol. The van der Waals surface area contributed by atoms with E-state index in [1.54, 1.807) is 24.3 Å². The predicted octanol–water partition coefficient (Wildman–Crippen LogP) is 1.18. The van der Waals surface area contributed by atoms with E-state index in [1.165, 1.54) is 0 Å². The summed E-state index contributed by atoms with van der Waals surface area (Å²) in [5, 5.41) is 11.5. The van der Waals surface area contributed by atoms with Gasteiger partial charge in [-0.25, -0.2) is 8.42 Å². The molecule has 0 aliphatic heterocycles. The molecule has 1 aromatic carbocycles. The summed E-state index contributed by atoms with van der Waals surface area (Å²) in [6.45, 7) is 3.63. The number of rotatable bonds is 5. The van der Waals surface area contributed by atoms with Gasteiger partial charge in [0.05, 0.1) is 11.4 Å². The number of hydrogen-bond acceptors (Lipinski definition) is 4. The molecule has 0 saturated carbocycles. The Labute approximate surface area is 107 Å². The second kappa shape index (κ2) is 5.72. The highest BCUT2D eigenvalue weighted by Crippen LogP contribution is 2.17. The quantitative estimate of drug-likeness (QED) is 0.323. The van der Waals surface area contributed by atoms with Crippen LogP contribution in [0.2, 0.25) is 0 Å². The summed E-state index contributed by atoms with van der Waals surface area (Å²) in [7, 11) is -3.44. The molecule has 1 aromatic rings. The Morgan fingerprint density at radius 2 is 2.06 bits per heavy atom. The van der Waals surface area contributed by atoms with Gasteiger partial charge in [0, 0.05) is 5.56 Å². The normalized spacial score (nSPS) is 12.7. The van der Waals surface area contributed by atoms with Gasteiger partial charge >= 0.3 is 0 Å². The molecule has 0 bridgehead atoms. The minimum Gasteiger partial charge on any atom is -0.409 e. The highest BCUT2D eigenvalue weighted by atomic mass is 32.2. The van der Waals surface area contributed by atoms with Crippen LogP contribution in [0.15, 0.2) is 29.4 Å². The SMILES string of the molecule is CC(C)CS(=O)(=O)Nc1ccccc1C(N)=NO. The Kier molecular flexibility index (Phi) is 4.55. The third kappa shape index (κ3) is 3.92. The fourth-order valence-corrected chi connectivity index (χ4v) is 2.97. The van der Waals surface area contributed by atoms with Crippen LogP contribution in [0, 0.1) is 5.92 Å². The fraction of sp³-hybridized carbons (Fsp3) is 0.364. The minimum absolute atomic E-state index is 0.0114.